The van der Waals surface area contributed by atoms with Crippen LogP contribution < -0.4 is 16.6 Å². The Balaban J connectivity index is 1.64. The monoisotopic (exact) mass is 530 g/mol. The number of hydrogen-bond donors (Lipinski definition) is 3. The lowest BCUT2D eigenvalue weighted by molar-refractivity contribution is 0.00578. The molecule has 0 unspecified atom stereocenters. The Morgan fingerprint density at radius 3 is 2.46 bits per heavy atom. The van der Waals surface area contributed by atoms with Crippen LogP contribution in [0.2, 0.25) is 5.02 Å². The lowest BCUT2D eigenvalue weighted by Crippen LogP contribution is -2.41. The maximum Gasteiger partial charge on any atom is 0.516 e. The zero-order chi connectivity index (χ0) is 27.1. The van der Waals surface area contributed by atoms with E-state index in [4.69, 9.17) is 26.6 Å². The Labute approximate surface area is 218 Å². The number of aromatic nitrogens is 2. The van der Waals surface area contributed by atoms with E-state index in [1.807, 2.05) is 27.7 Å². The molecule has 1 amide bonds. The number of halogens is 3. The van der Waals surface area contributed by atoms with Crippen molar-refractivity contribution in [3.8, 4) is 11.3 Å². The molecule has 1 aromatic heterocycles. The SMILES string of the molecule is CC1(C)OB(c2cnc(-c3ccc(F)c(C(=O)N[C@H](CO)c4cccc(Cl)c4)c3F)c(N)n2)OC1(C)C. The number of nitrogen functional groups attached to an aromatic ring is 1. The first kappa shape index (κ1) is 26.9. The second kappa shape index (κ2) is 9.98. The highest BCUT2D eigenvalue weighted by atomic mass is 35.5. The van der Waals surface area contributed by atoms with Crippen LogP contribution in [0.5, 0.6) is 0 Å². The Hall–Kier alpha value is -3.12. The van der Waals surface area contributed by atoms with Crippen molar-refractivity contribution >= 4 is 36.0 Å². The molecule has 0 saturated carbocycles. The number of anilines is 1. The lowest BCUT2D eigenvalue weighted by atomic mass is 9.85. The first-order valence-corrected chi connectivity index (χ1v) is 11.9. The summed E-state index contributed by atoms with van der Waals surface area (Å²) in [6.07, 6.45) is 1.33. The first-order chi connectivity index (χ1) is 17.3. The molecule has 12 heteroatoms. The van der Waals surface area contributed by atoms with Crippen molar-refractivity contribution in [1.82, 2.24) is 15.3 Å². The van der Waals surface area contributed by atoms with Crippen LogP contribution in [0.1, 0.15) is 49.7 Å². The normalized spacial score (nSPS) is 17.0. The Morgan fingerprint density at radius 1 is 1.19 bits per heavy atom. The van der Waals surface area contributed by atoms with E-state index >= 15 is 4.39 Å². The van der Waals surface area contributed by atoms with E-state index in [0.717, 1.165) is 12.1 Å². The third kappa shape index (κ3) is 5.17. The van der Waals surface area contributed by atoms with Crippen molar-refractivity contribution in [2.24, 2.45) is 0 Å². The van der Waals surface area contributed by atoms with Crippen LogP contribution in [0.4, 0.5) is 14.6 Å². The van der Waals surface area contributed by atoms with E-state index in [1.54, 1.807) is 18.2 Å². The molecular formula is C25H26BClF2N4O4. The maximum atomic E-state index is 15.5. The average molecular weight is 531 g/mol. The molecule has 37 heavy (non-hydrogen) atoms. The first-order valence-electron chi connectivity index (χ1n) is 11.5. The van der Waals surface area contributed by atoms with E-state index in [0.29, 0.717) is 10.6 Å². The van der Waals surface area contributed by atoms with Gasteiger partial charge in [0.25, 0.3) is 5.91 Å². The minimum absolute atomic E-state index is 0.0830. The van der Waals surface area contributed by atoms with Gasteiger partial charge in [0.05, 0.1) is 29.4 Å². The van der Waals surface area contributed by atoms with Gasteiger partial charge in [0.2, 0.25) is 0 Å². The molecule has 0 spiro atoms. The summed E-state index contributed by atoms with van der Waals surface area (Å²) >= 11 is 5.98. The largest absolute Gasteiger partial charge is 0.516 e. The van der Waals surface area contributed by atoms with Gasteiger partial charge in [0.1, 0.15) is 28.7 Å². The van der Waals surface area contributed by atoms with Crippen LogP contribution in [0.15, 0.2) is 42.6 Å². The van der Waals surface area contributed by atoms with Crippen LogP contribution in [-0.2, 0) is 9.31 Å². The molecule has 3 aromatic rings. The van der Waals surface area contributed by atoms with E-state index in [-0.39, 0.29) is 22.7 Å². The number of hydrogen-bond acceptors (Lipinski definition) is 7. The summed E-state index contributed by atoms with van der Waals surface area (Å²) in [5, 5.41) is 12.6. The van der Waals surface area contributed by atoms with Gasteiger partial charge < -0.3 is 25.5 Å². The minimum atomic E-state index is -1.18. The van der Waals surface area contributed by atoms with Gasteiger partial charge in [0, 0.05) is 16.8 Å². The third-order valence-electron chi connectivity index (χ3n) is 6.63. The summed E-state index contributed by atoms with van der Waals surface area (Å²) < 4.78 is 42.1. The zero-order valence-electron chi connectivity index (χ0n) is 20.7. The molecule has 2 heterocycles. The van der Waals surface area contributed by atoms with E-state index in [1.165, 1.54) is 12.3 Å². The molecule has 2 aromatic carbocycles. The van der Waals surface area contributed by atoms with Crippen LogP contribution in [-0.4, -0.2) is 45.9 Å². The van der Waals surface area contributed by atoms with Crippen LogP contribution in [0.25, 0.3) is 11.3 Å². The van der Waals surface area contributed by atoms with Gasteiger partial charge >= 0.3 is 7.12 Å². The van der Waals surface area contributed by atoms with E-state index < -0.39 is 54.1 Å². The summed E-state index contributed by atoms with van der Waals surface area (Å²) in [6, 6.07) is 7.51. The van der Waals surface area contributed by atoms with Crippen molar-refractivity contribution in [1.29, 1.82) is 0 Å². The molecule has 194 valence electrons. The number of amides is 1. The predicted molar refractivity (Wildman–Crippen MR) is 136 cm³/mol. The summed E-state index contributed by atoms with van der Waals surface area (Å²) in [6.45, 7) is 7.01. The van der Waals surface area contributed by atoms with Crippen molar-refractivity contribution in [2.75, 3.05) is 12.3 Å². The molecule has 0 aliphatic carbocycles. The fourth-order valence-corrected chi connectivity index (χ4v) is 4.03. The number of benzene rings is 2. The van der Waals surface area contributed by atoms with Gasteiger partial charge in [-0.15, -0.1) is 0 Å². The van der Waals surface area contributed by atoms with Crippen molar-refractivity contribution in [2.45, 2.75) is 44.9 Å². The van der Waals surface area contributed by atoms with Crippen LogP contribution in [0.3, 0.4) is 0 Å². The van der Waals surface area contributed by atoms with Crippen LogP contribution >= 0.6 is 11.6 Å². The summed E-state index contributed by atoms with van der Waals surface area (Å²) in [5.41, 5.74) is 4.45. The molecule has 8 nitrogen and oxygen atoms in total. The van der Waals surface area contributed by atoms with E-state index in [9.17, 15) is 14.3 Å². The summed E-state index contributed by atoms with van der Waals surface area (Å²) in [4.78, 5) is 21.4. The number of carbonyl (C=O) groups excluding carboxylic acids is 1. The highest BCUT2D eigenvalue weighted by molar-refractivity contribution is 6.61. The summed E-state index contributed by atoms with van der Waals surface area (Å²) in [7, 11) is -0.838. The van der Waals surface area contributed by atoms with Gasteiger partial charge in [-0.25, -0.2) is 13.8 Å². The predicted octanol–water partition coefficient (Wildman–Crippen LogP) is 3.42. The molecule has 0 bridgehead atoms. The highest BCUT2D eigenvalue weighted by Crippen LogP contribution is 2.36. The molecular weight excluding hydrogens is 505 g/mol. The molecule has 1 fully saturated rings. The molecule has 1 saturated heterocycles. The van der Waals surface area contributed by atoms with Gasteiger partial charge in [-0.1, -0.05) is 23.7 Å². The van der Waals surface area contributed by atoms with Crippen molar-refractivity contribution in [3.63, 3.8) is 0 Å². The highest BCUT2D eigenvalue weighted by Gasteiger charge is 2.52. The fourth-order valence-electron chi connectivity index (χ4n) is 3.83. The molecule has 1 aliphatic rings. The standard InChI is InChI=1S/C25H26BClF2N4O4/c1-24(2)25(3,4)37-26(36-24)18-11-31-21(22(30)33-18)15-8-9-16(28)19(20(15)29)23(35)32-17(12-34)13-6-5-7-14(27)10-13/h5-11,17,34H,12H2,1-4H3,(H2,30,33)(H,32,35)/t17-/m1/s1. The number of rotatable bonds is 6. The van der Waals surface area contributed by atoms with Gasteiger partial charge in [-0.2, -0.15) is 0 Å². The molecule has 1 atom stereocenters. The zero-order valence-corrected chi connectivity index (χ0v) is 21.4. The van der Waals surface area contributed by atoms with Gasteiger partial charge in [-0.05, 0) is 57.5 Å². The number of nitrogens with zero attached hydrogens (tertiary/aromatic N) is 2. The number of aliphatic hydroxyl groups is 1. The molecule has 4 rings (SSSR count). The molecule has 0 radical (unpaired) electrons. The topological polar surface area (TPSA) is 120 Å². The van der Waals surface area contributed by atoms with E-state index in [2.05, 4.69) is 15.3 Å². The quantitative estimate of drug-likeness (QED) is 0.418. The summed E-state index contributed by atoms with van der Waals surface area (Å²) in [5.74, 6) is -3.50. The second-order valence-electron chi connectivity index (χ2n) is 9.66. The Morgan fingerprint density at radius 2 is 1.86 bits per heavy atom. The Kier molecular flexibility index (Phi) is 7.26. The van der Waals surface area contributed by atoms with Crippen molar-refractivity contribution in [3.05, 3.63) is 70.4 Å². The van der Waals surface area contributed by atoms with Crippen LogP contribution in [0, 0.1) is 11.6 Å². The third-order valence-corrected chi connectivity index (χ3v) is 6.86. The second-order valence-corrected chi connectivity index (χ2v) is 10.1. The lowest BCUT2D eigenvalue weighted by Gasteiger charge is -2.32. The number of aliphatic hydroxyl groups excluding tert-OH is 1. The van der Waals surface area contributed by atoms with Crippen molar-refractivity contribution < 1.29 is 28.0 Å². The molecule has 1 aliphatic heterocycles. The molecule has 4 N–H and O–H groups in total. The minimum Gasteiger partial charge on any atom is -0.398 e. The average Bonchev–Trinajstić information content (AvgIpc) is 3.04. The maximum absolute atomic E-state index is 15.5. The smallest absolute Gasteiger partial charge is 0.398 e. The number of carbonyl (C=O) groups is 1. The number of nitrogens with one attached hydrogen (secondary N) is 1. The Bertz CT molecular complexity index is 1340. The number of nitrogens with two attached hydrogens (primary N) is 1. The fraction of sp³-hybridized carbons (Fsp3) is 0.320. The van der Waals surface area contributed by atoms with Gasteiger partial charge in [-0.3, -0.25) is 9.78 Å². The van der Waals surface area contributed by atoms with Gasteiger partial charge in [0.15, 0.2) is 0 Å².